The van der Waals surface area contributed by atoms with Crippen LogP contribution in [-0.2, 0) is 13.6 Å². The third-order valence-corrected chi connectivity index (χ3v) is 3.19. The Bertz CT molecular complexity index is 623. The highest BCUT2D eigenvalue weighted by Gasteiger charge is 2.11. The molecule has 2 rings (SSSR count). The average Bonchev–Trinajstić information content (AvgIpc) is 2.78. The van der Waals surface area contributed by atoms with Crippen LogP contribution in [0.4, 0.5) is 10.5 Å². The van der Waals surface area contributed by atoms with Gasteiger partial charge in [0.15, 0.2) is 0 Å². The molecule has 0 radical (unpaired) electrons. The van der Waals surface area contributed by atoms with Crippen molar-refractivity contribution in [3.8, 4) is 0 Å². The van der Waals surface area contributed by atoms with Gasteiger partial charge in [-0.05, 0) is 30.7 Å². The molecule has 2 amide bonds. The fraction of sp³-hybridized carbons (Fsp3) is 0.286. The first-order valence-electron chi connectivity index (χ1n) is 6.21. The number of benzene rings is 1. The van der Waals surface area contributed by atoms with E-state index in [0.29, 0.717) is 11.6 Å². The Kier molecular flexibility index (Phi) is 4.29. The molecule has 0 aliphatic heterocycles. The molecule has 6 heteroatoms. The predicted octanol–water partition coefficient (Wildman–Crippen LogP) is 3.05. The van der Waals surface area contributed by atoms with E-state index in [0.717, 1.165) is 16.8 Å². The van der Waals surface area contributed by atoms with Gasteiger partial charge in [-0.25, -0.2) is 4.79 Å². The standard InChI is InChI=1S/C14H17ClN4O/c1-10-6-12(15)4-5-13(10)17-14(20)18(2)8-11-7-16-19(3)9-11/h4-7,9H,8H2,1-3H3,(H,17,20). The van der Waals surface area contributed by atoms with Gasteiger partial charge in [-0.2, -0.15) is 5.10 Å². The number of aryl methyl sites for hydroxylation is 2. The van der Waals surface area contributed by atoms with Crippen molar-refractivity contribution < 1.29 is 4.79 Å². The van der Waals surface area contributed by atoms with Crippen LogP contribution < -0.4 is 5.32 Å². The van der Waals surface area contributed by atoms with Gasteiger partial charge in [0, 0.05) is 36.6 Å². The van der Waals surface area contributed by atoms with Crippen LogP contribution in [0, 0.1) is 6.92 Å². The molecule has 0 fully saturated rings. The molecule has 1 aromatic carbocycles. The van der Waals surface area contributed by atoms with Crippen molar-refractivity contribution in [3.05, 3.63) is 46.7 Å². The van der Waals surface area contributed by atoms with Gasteiger partial charge < -0.3 is 10.2 Å². The van der Waals surface area contributed by atoms with E-state index in [4.69, 9.17) is 11.6 Å². The molecule has 0 aliphatic carbocycles. The Hall–Kier alpha value is -2.01. The second-order valence-electron chi connectivity index (χ2n) is 4.77. The summed E-state index contributed by atoms with van der Waals surface area (Å²) in [7, 11) is 3.59. The largest absolute Gasteiger partial charge is 0.323 e. The molecule has 0 bridgehead atoms. The van der Waals surface area contributed by atoms with Crippen LogP contribution in [0.5, 0.6) is 0 Å². The van der Waals surface area contributed by atoms with Crippen molar-refractivity contribution in [1.29, 1.82) is 0 Å². The highest BCUT2D eigenvalue weighted by molar-refractivity contribution is 6.30. The Morgan fingerprint density at radius 3 is 2.85 bits per heavy atom. The van der Waals surface area contributed by atoms with E-state index in [1.807, 2.05) is 26.2 Å². The lowest BCUT2D eigenvalue weighted by Gasteiger charge is -2.18. The van der Waals surface area contributed by atoms with E-state index in [1.165, 1.54) is 0 Å². The number of hydrogen-bond donors (Lipinski definition) is 1. The fourth-order valence-electron chi connectivity index (χ4n) is 1.88. The smallest absolute Gasteiger partial charge is 0.321 e. The van der Waals surface area contributed by atoms with E-state index in [-0.39, 0.29) is 6.03 Å². The Labute approximate surface area is 123 Å². The van der Waals surface area contributed by atoms with E-state index >= 15 is 0 Å². The summed E-state index contributed by atoms with van der Waals surface area (Å²) < 4.78 is 1.71. The first-order chi connectivity index (χ1) is 9.45. The molecule has 106 valence electrons. The summed E-state index contributed by atoms with van der Waals surface area (Å²) in [4.78, 5) is 13.7. The summed E-state index contributed by atoms with van der Waals surface area (Å²) in [5, 5.41) is 7.60. The Balaban J connectivity index is 2.00. The zero-order valence-corrected chi connectivity index (χ0v) is 12.5. The number of urea groups is 1. The lowest BCUT2D eigenvalue weighted by Crippen LogP contribution is -2.30. The number of amides is 2. The van der Waals surface area contributed by atoms with Crippen LogP contribution in [-0.4, -0.2) is 27.8 Å². The number of nitrogens with one attached hydrogen (secondary N) is 1. The van der Waals surface area contributed by atoms with Gasteiger partial charge in [-0.1, -0.05) is 11.6 Å². The van der Waals surface area contributed by atoms with Gasteiger partial charge in [0.25, 0.3) is 0 Å². The van der Waals surface area contributed by atoms with Crippen LogP contribution in [0.1, 0.15) is 11.1 Å². The molecule has 2 aromatic rings. The Morgan fingerprint density at radius 2 is 2.25 bits per heavy atom. The van der Waals surface area contributed by atoms with Gasteiger partial charge in [0.1, 0.15) is 0 Å². The van der Waals surface area contributed by atoms with Crippen molar-refractivity contribution in [2.24, 2.45) is 7.05 Å². The van der Waals surface area contributed by atoms with Crippen molar-refractivity contribution in [2.75, 3.05) is 12.4 Å². The predicted molar refractivity (Wildman–Crippen MR) is 79.9 cm³/mol. The molecule has 0 spiro atoms. The number of carbonyl (C=O) groups excluding carboxylic acids is 1. The van der Waals surface area contributed by atoms with Gasteiger partial charge >= 0.3 is 6.03 Å². The summed E-state index contributed by atoms with van der Waals surface area (Å²) in [6.07, 6.45) is 3.63. The highest BCUT2D eigenvalue weighted by Crippen LogP contribution is 2.20. The van der Waals surface area contributed by atoms with Gasteiger partial charge in [0.05, 0.1) is 12.7 Å². The SMILES string of the molecule is Cc1cc(Cl)ccc1NC(=O)N(C)Cc1cnn(C)c1. The van der Waals surface area contributed by atoms with Gasteiger partial charge in [0.2, 0.25) is 0 Å². The number of rotatable bonds is 3. The summed E-state index contributed by atoms with van der Waals surface area (Å²) in [6, 6.07) is 5.20. The number of halogens is 1. The number of aromatic nitrogens is 2. The van der Waals surface area contributed by atoms with Crippen molar-refractivity contribution in [1.82, 2.24) is 14.7 Å². The molecule has 0 saturated heterocycles. The zero-order valence-electron chi connectivity index (χ0n) is 11.7. The molecule has 0 unspecified atom stereocenters. The van der Waals surface area contributed by atoms with Crippen LogP contribution in [0.3, 0.4) is 0 Å². The summed E-state index contributed by atoms with van der Waals surface area (Å²) >= 11 is 5.89. The van der Waals surface area contributed by atoms with Gasteiger partial charge in [-0.3, -0.25) is 4.68 Å². The number of nitrogens with zero attached hydrogens (tertiary/aromatic N) is 3. The molecule has 0 aliphatic rings. The molecule has 1 heterocycles. The molecular formula is C14H17ClN4O. The summed E-state index contributed by atoms with van der Waals surface area (Å²) in [5.41, 5.74) is 2.68. The lowest BCUT2D eigenvalue weighted by atomic mass is 10.2. The first-order valence-corrected chi connectivity index (χ1v) is 6.59. The maximum absolute atomic E-state index is 12.1. The zero-order chi connectivity index (χ0) is 14.7. The van der Waals surface area contributed by atoms with Crippen molar-refractivity contribution in [3.63, 3.8) is 0 Å². The summed E-state index contributed by atoms with van der Waals surface area (Å²) in [6.45, 7) is 2.41. The quantitative estimate of drug-likeness (QED) is 0.945. The summed E-state index contributed by atoms with van der Waals surface area (Å²) in [5.74, 6) is 0. The number of anilines is 1. The molecule has 20 heavy (non-hydrogen) atoms. The van der Waals surface area contributed by atoms with Crippen molar-refractivity contribution in [2.45, 2.75) is 13.5 Å². The second-order valence-corrected chi connectivity index (χ2v) is 5.20. The molecule has 0 atom stereocenters. The lowest BCUT2D eigenvalue weighted by molar-refractivity contribution is 0.220. The fourth-order valence-corrected chi connectivity index (χ4v) is 2.10. The Morgan fingerprint density at radius 1 is 1.50 bits per heavy atom. The van der Waals surface area contributed by atoms with E-state index in [9.17, 15) is 4.79 Å². The third kappa shape index (κ3) is 3.51. The molecule has 1 N–H and O–H groups in total. The van der Waals surface area contributed by atoms with E-state index in [2.05, 4.69) is 10.4 Å². The van der Waals surface area contributed by atoms with Crippen LogP contribution in [0.25, 0.3) is 0 Å². The molecule has 5 nitrogen and oxygen atoms in total. The highest BCUT2D eigenvalue weighted by atomic mass is 35.5. The maximum atomic E-state index is 12.1. The van der Waals surface area contributed by atoms with Crippen LogP contribution >= 0.6 is 11.6 Å². The van der Waals surface area contributed by atoms with E-state index in [1.54, 1.807) is 35.0 Å². The van der Waals surface area contributed by atoms with Crippen LogP contribution in [0.15, 0.2) is 30.6 Å². The minimum absolute atomic E-state index is 0.167. The molecule has 1 aromatic heterocycles. The molecular weight excluding hydrogens is 276 g/mol. The van der Waals surface area contributed by atoms with Crippen LogP contribution in [0.2, 0.25) is 5.02 Å². The van der Waals surface area contributed by atoms with E-state index < -0.39 is 0 Å². The van der Waals surface area contributed by atoms with Crippen molar-refractivity contribution >= 4 is 23.3 Å². The third-order valence-electron chi connectivity index (χ3n) is 2.95. The average molecular weight is 293 g/mol. The molecule has 0 saturated carbocycles. The number of carbonyl (C=O) groups is 1. The first kappa shape index (κ1) is 14.4. The topological polar surface area (TPSA) is 50.2 Å². The minimum atomic E-state index is -0.167. The van der Waals surface area contributed by atoms with Gasteiger partial charge in [-0.15, -0.1) is 0 Å². The minimum Gasteiger partial charge on any atom is -0.323 e. The maximum Gasteiger partial charge on any atom is 0.321 e. The number of hydrogen-bond acceptors (Lipinski definition) is 2. The monoisotopic (exact) mass is 292 g/mol. The normalized spacial score (nSPS) is 10.4. The second kappa shape index (κ2) is 5.96.